The van der Waals surface area contributed by atoms with Gasteiger partial charge in [0, 0.05) is 29.6 Å². The Hall–Kier alpha value is -2.24. The molecule has 1 atom stereocenters. The average Bonchev–Trinajstić information content (AvgIpc) is 2.84. The van der Waals surface area contributed by atoms with Crippen LogP contribution in [0, 0.1) is 5.92 Å². The van der Waals surface area contributed by atoms with Crippen molar-refractivity contribution in [2.75, 3.05) is 6.54 Å². The number of amides is 2. The number of benzene rings is 3. The van der Waals surface area contributed by atoms with E-state index in [1.165, 1.54) is 0 Å². The number of hydrogen-bond donors (Lipinski definition) is 1. The van der Waals surface area contributed by atoms with Crippen molar-refractivity contribution >= 4 is 58.2 Å². The molecule has 0 bridgehead atoms. The Morgan fingerprint density at radius 1 is 0.833 bits per heavy atom. The fourth-order valence-electron chi connectivity index (χ4n) is 3.74. The van der Waals surface area contributed by atoms with Gasteiger partial charge in [-0.1, -0.05) is 103 Å². The fraction of sp³-hybridized carbons (Fsp3) is 0.286. The first-order chi connectivity index (χ1) is 17.1. The summed E-state index contributed by atoms with van der Waals surface area (Å²) in [5, 5.41) is 4.70. The van der Waals surface area contributed by atoms with Gasteiger partial charge in [0.15, 0.2) is 0 Å². The molecule has 3 aromatic rings. The van der Waals surface area contributed by atoms with Crippen LogP contribution in [0.4, 0.5) is 0 Å². The van der Waals surface area contributed by atoms with Gasteiger partial charge in [0.2, 0.25) is 11.8 Å². The van der Waals surface area contributed by atoms with Crippen LogP contribution in [0.5, 0.6) is 0 Å². The van der Waals surface area contributed by atoms with E-state index in [-0.39, 0.29) is 30.7 Å². The predicted molar refractivity (Wildman–Crippen MR) is 149 cm³/mol. The molecule has 190 valence electrons. The first-order valence-electron chi connectivity index (χ1n) is 11.6. The normalized spacial score (nSPS) is 11.9. The Balaban J connectivity index is 1.99. The number of halogens is 4. The zero-order valence-electron chi connectivity index (χ0n) is 20.1. The third-order valence-electron chi connectivity index (χ3n) is 5.65. The monoisotopic (exact) mass is 564 g/mol. The number of carbonyl (C=O) groups is 2. The van der Waals surface area contributed by atoms with Crippen molar-refractivity contribution in [3.8, 4) is 0 Å². The Kier molecular flexibility index (Phi) is 10.5. The molecule has 0 saturated heterocycles. The summed E-state index contributed by atoms with van der Waals surface area (Å²) in [6.07, 6.45) is 0.397. The molecule has 1 unspecified atom stereocenters. The molecule has 3 rings (SSSR count). The molecule has 0 aromatic heterocycles. The van der Waals surface area contributed by atoms with E-state index in [4.69, 9.17) is 46.4 Å². The molecule has 0 aliphatic rings. The van der Waals surface area contributed by atoms with Gasteiger partial charge in [0.25, 0.3) is 0 Å². The van der Waals surface area contributed by atoms with Crippen molar-refractivity contribution in [3.63, 3.8) is 0 Å². The van der Waals surface area contributed by atoms with Gasteiger partial charge in [0.1, 0.15) is 6.04 Å². The molecule has 0 saturated carbocycles. The summed E-state index contributed by atoms with van der Waals surface area (Å²) >= 11 is 24.8. The minimum absolute atomic E-state index is 0.0465. The lowest BCUT2D eigenvalue weighted by Crippen LogP contribution is -2.51. The Morgan fingerprint density at radius 3 is 2.19 bits per heavy atom. The molecule has 0 aliphatic heterocycles. The molecule has 0 radical (unpaired) electrons. The van der Waals surface area contributed by atoms with Crippen LogP contribution in [0.1, 0.15) is 30.5 Å². The van der Waals surface area contributed by atoms with Crippen molar-refractivity contribution in [1.82, 2.24) is 10.2 Å². The van der Waals surface area contributed by atoms with Crippen LogP contribution >= 0.6 is 46.4 Å². The van der Waals surface area contributed by atoms with Crippen LogP contribution < -0.4 is 5.32 Å². The standard InChI is InChI=1S/C28H28Cl4N2O2/c1-18(2)16-33-28(36)26(13-19-6-4-3-5-7-19)34(17-21-9-10-22(29)15-24(21)31)27(35)14-20-8-11-23(30)25(32)12-20/h3-12,15,18,26H,13-14,16-17H2,1-2H3,(H,33,36). The molecule has 36 heavy (non-hydrogen) atoms. The number of nitrogens with one attached hydrogen (secondary N) is 1. The fourth-order valence-corrected chi connectivity index (χ4v) is 4.52. The average molecular weight is 566 g/mol. The lowest BCUT2D eigenvalue weighted by atomic mass is 10.0. The molecule has 1 N–H and O–H groups in total. The van der Waals surface area contributed by atoms with Gasteiger partial charge >= 0.3 is 0 Å². The maximum atomic E-state index is 13.8. The summed E-state index contributed by atoms with van der Waals surface area (Å²) in [6, 6.07) is 19.1. The molecular weight excluding hydrogens is 538 g/mol. The second-order valence-electron chi connectivity index (χ2n) is 9.03. The minimum Gasteiger partial charge on any atom is -0.354 e. The Labute approximate surface area is 232 Å². The third-order valence-corrected chi connectivity index (χ3v) is 6.98. The van der Waals surface area contributed by atoms with Gasteiger partial charge in [-0.2, -0.15) is 0 Å². The molecule has 8 heteroatoms. The van der Waals surface area contributed by atoms with Gasteiger partial charge in [-0.25, -0.2) is 0 Å². The lowest BCUT2D eigenvalue weighted by molar-refractivity contribution is -0.140. The Bertz CT molecular complexity index is 1200. The van der Waals surface area contributed by atoms with Crippen molar-refractivity contribution in [1.29, 1.82) is 0 Å². The van der Waals surface area contributed by atoms with Crippen molar-refractivity contribution < 1.29 is 9.59 Å². The highest BCUT2D eigenvalue weighted by Gasteiger charge is 2.31. The van der Waals surface area contributed by atoms with E-state index >= 15 is 0 Å². The van der Waals surface area contributed by atoms with E-state index in [2.05, 4.69) is 5.32 Å². The zero-order valence-corrected chi connectivity index (χ0v) is 23.1. The summed E-state index contributed by atoms with van der Waals surface area (Å²) in [4.78, 5) is 28.8. The smallest absolute Gasteiger partial charge is 0.243 e. The number of carbonyl (C=O) groups excluding carboxylic acids is 2. The van der Waals surface area contributed by atoms with Crippen LogP contribution in [0.25, 0.3) is 0 Å². The molecule has 0 aliphatic carbocycles. The molecule has 2 amide bonds. The molecule has 0 fully saturated rings. The zero-order chi connectivity index (χ0) is 26.2. The van der Waals surface area contributed by atoms with Gasteiger partial charge in [-0.15, -0.1) is 0 Å². The highest BCUT2D eigenvalue weighted by molar-refractivity contribution is 6.42. The number of rotatable bonds is 10. The maximum Gasteiger partial charge on any atom is 0.243 e. The van der Waals surface area contributed by atoms with Crippen LogP contribution in [0.15, 0.2) is 66.7 Å². The lowest BCUT2D eigenvalue weighted by Gasteiger charge is -2.32. The number of nitrogens with zero attached hydrogens (tertiary/aromatic N) is 1. The van der Waals surface area contributed by atoms with E-state index < -0.39 is 6.04 Å². The van der Waals surface area contributed by atoms with Crippen molar-refractivity contribution in [2.24, 2.45) is 5.92 Å². The molecule has 0 heterocycles. The van der Waals surface area contributed by atoms with E-state index in [1.807, 2.05) is 44.2 Å². The summed E-state index contributed by atoms with van der Waals surface area (Å²) in [7, 11) is 0. The van der Waals surface area contributed by atoms with Crippen LogP contribution in [-0.4, -0.2) is 29.3 Å². The maximum absolute atomic E-state index is 13.8. The summed E-state index contributed by atoms with van der Waals surface area (Å²) in [5.41, 5.74) is 2.33. The van der Waals surface area contributed by atoms with E-state index in [9.17, 15) is 9.59 Å². The largest absolute Gasteiger partial charge is 0.354 e. The molecule has 3 aromatic carbocycles. The van der Waals surface area contributed by atoms with Gasteiger partial charge < -0.3 is 10.2 Å². The predicted octanol–water partition coefficient (Wildman–Crippen LogP) is 7.26. The number of hydrogen-bond acceptors (Lipinski definition) is 2. The van der Waals surface area contributed by atoms with Crippen LogP contribution in [-0.2, 0) is 29.0 Å². The van der Waals surface area contributed by atoms with E-state index in [0.29, 0.717) is 44.2 Å². The SMILES string of the molecule is CC(C)CNC(=O)C(Cc1ccccc1)N(Cc1ccc(Cl)cc1Cl)C(=O)Cc1ccc(Cl)c(Cl)c1. The van der Waals surface area contributed by atoms with Gasteiger partial charge in [-0.3, -0.25) is 9.59 Å². The van der Waals surface area contributed by atoms with Crippen LogP contribution in [0.3, 0.4) is 0 Å². The first kappa shape index (κ1) is 28.3. The Morgan fingerprint density at radius 2 is 1.56 bits per heavy atom. The summed E-state index contributed by atoms with van der Waals surface area (Å²) in [5.74, 6) is -0.197. The van der Waals surface area contributed by atoms with Crippen molar-refractivity contribution in [3.05, 3.63) is 104 Å². The van der Waals surface area contributed by atoms with E-state index in [0.717, 1.165) is 5.56 Å². The highest BCUT2D eigenvalue weighted by Crippen LogP contribution is 2.26. The first-order valence-corrected chi connectivity index (χ1v) is 13.1. The van der Waals surface area contributed by atoms with Crippen LogP contribution in [0.2, 0.25) is 20.1 Å². The van der Waals surface area contributed by atoms with Gasteiger partial charge in [0.05, 0.1) is 16.5 Å². The third kappa shape index (κ3) is 8.14. The molecule has 0 spiro atoms. The van der Waals surface area contributed by atoms with Crippen molar-refractivity contribution in [2.45, 2.75) is 39.3 Å². The highest BCUT2D eigenvalue weighted by atomic mass is 35.5. The summed E-state index contributed by atoms with van der Waals surface area (Å²) < 4.78 is 0. The second kappa shape index (κ2) is 13.3. The summed E-state index contributed by atoms with van der Waals surface area (Å²) in [6.45, 7) is 4.68. The van der Waals surface area contributed by atoms with Gasteiger partial charge in [-0.05, 0) is 46.9 Å². The molecule has 4 nitrogen and oxygen atoms in total. The minimum atomic E-state index is -0.756. The van der Waals surface area contributed by atoms with E-state index in [1.54, 1.807) is 41.3 Å². The second-order valence-corrected chi connectivity index (χ2v) is 10.7. The quantitative estimate of drug-likeness (QED) is 0.281. The molecular formula is C28H28Cl4N2O2. The topological polar surface area (TPSA) is 49.4 Å².